The molecule has 1 aromatic heterocycles. The molecule has 1 aliphatic heterocycles. The molecule has 2 heterocycles. The Morgan fingerprint density at radius 2 is 1.48 bits per heavy atom. The summed E-state index contributed by atoms with van der Waals surface area (Å²) >= 11 is 6.97. The van der Waals surface area contributed by atoms with E-state index in [1.165, 1.54) is 11.8 Å². The molecular formula is C37H39N3O4S2. The van der Waals surface area contributed by atoms with Gasteiger partial charge in [0, 0.05) is 30.3 Å². The van der Waals surface area contributed by atoms with Gasteiger partial charge in [-0.2, -0.15) is 5.10 Å². The first-order valence-electron chi connectivity index (χ1n) is 15.9. The summed E-state index contributed by atoms with van der Waals surface area (Å²) in [7, 11) is 0. The lowest BCUT2D eigenvalue weighted by Gasteiger charge is -2.14. The average Bonchev–Trinajstić information content (AvgIpc) is 3.61. The number of carboxylic acids is 1. The molecule has 0 atom stereocenters. The number of nitrogens with zero attached hydrogens (tertiary/aromatic N) is 3. The minimum atomic E-state index is -0.719. The number of thiocarbonyl (C=S) groups is 1. The van der Waals surface area contributed by atoms with E-state index in [0.717, 1.165) is 85.2 Å². The molecule has 5 rings (SSSR count). The molecule has 0 unspecified atom stereocenters. The van der Waals surface area contributed by atoms with Gasteiger partial charge in [0.2, 0.25) is 0 Å². The first-order chi connectivity index (χ1) is 22.5. The summed E-state index contributed by atoms with van der Waals surface area (Å²) in [6.07, 6.45) is 12.2. The Labute approximate surface area is 280 Å². The molecule has 3 aromatic carbocycles. The maximum absolute atomic E-state index is 13.5. The molecule has 1 N–H and O–H groups in total. The molecule has 9 heteroatoms. The summed E-state index contributed by atoms with van der Waals surface area (Å²) in [5.74, 6) is -0.00598. The molecule has 7 nitrogen and oxygen atoms in total. The van der Waals surface area contributed by atoms with Gasteiger partial charge in [0.15, 0.2) is 0 Å². The van der Waals surface area contributed by atoms with Crippen molar-refractivity contribution in [3.8, 4) is 22.7 Å². The number of thioether (sulfide) groups is 1. The number of ether oxygens (including phenoxy) is 1. The molecule has 1 aliphatic rings. The van der Waals surface area contributed by atoms with Crippen molar-refractivity contribution in [1.82, 2.24) is 14.7 Å². The molecule has 4 aromatic rings. The smallest absolute Gasteiger partial charge is 0.303 e. The Hall–Kier alpha value is -4.21. The molecular weight excluding hydrogens is 615 g/mol. The maximum atomic E-state index is 13.5. The minimum Gasteiger partial charge on any atom is -0.489 e. The topological polar surface area (TPSA) is 84.7 Å². The lowest BCUT2D eigenvalue weighted by molar-refractivity contribution is -0.137. The Kier molecular flexibility index (Phi) is 12.2. The summed E-state index contributed by atoms with van der Waals surface area (Å²) < 4.78 is 8.42. The van der Waals surface area contributed by atoms with Crippen LogP contribution in [0.15, 0.2) is 96.0 Å². The maximum Gasteiger partial charge on any atom is 0.303 e. The lowest BCUT2D eigenvalue weighted by atomic mass is 10.1. The van der Waals surface area contributed by atoms with E-state index >= 15 is 0 Å². The predicted molar refractivity (Wildman–Crippen MR) is 189 cm³/mol. The summed E-state index contributed by atoms with van der Waals surface area (Å²) in [4.78, 5) is 26.4. The van der Waals surface area contributed by atoms with Gasteiger partial charge in [-0.15, -0.1) is 0 Å². The third-order valence-corrected chi connectivity index (χ3v) is 9.20. The van der Waals surface area contributed by atoms with Crippen LogP contribution >= 0.6 is 24.0 Å². The minimum absolute atomic E-state index is 0.0588. The van der Waals surface area contributed by atoms with Crippen molar-refractivity contribution < 1.29 is 19.4 Å². The second kappa shape index (κ2) is 16.9. The normalized spacial score (nSPS) is 13.9. The van der Waals surface area contributed by atoms with E-state index < -0.39 is 5.97 Å². The predicted octanol–water partition coefficient (Wildman–Crippen LogP) is 8.92. The van der Waals surface area contributed by atoms with Crippen LogP contribution in [0.1, 0.15) is 68.9 Å². The third kappa shape index (κ3) is 9.40. The summed E-state index contributed by atoms with van der Waals surface area (Å²) in [6.45, 7) is 1.10. The van der Waals surface area contributed by atoms with Crippen LogP contribution in [0, 0.1) is 0 Å². The van der Waals surface area contributed by atoms with E-state index in [2.05, 4.69) is 0 Å². The van der Waals surface area contributed by atoms with Crippen molar-refractivity contribution in [1.29, 1.82) is 0 Å². The molecule has 1 amide bonds. The van der Waals surface area contributed by atoms with Crippen molar-refractivity contribution in [2.75, 3.05) is 6.54 Å². The highest BCUT2D eigenvalue weighted by Crippen LogP contribution is 2.35. The second-order valence-corrected chi connectivity index (χ2v) is 13.0. The van der Waals surface area contributed by atoms with Crippen molar-refractivity contribution in [3.05, 3.63) is 107 Å². The first-order valence-corrected chi connectivity index (χ1v) is 17.1. The highest BCUT2D eigenvalue weighted by Gasteiger charge is 2.32. The van der Waals surface area contributed by atoms with Crippen LogP contribution in [0.4, 0.5) is 0 Å². The first kappa shape index (κ1) is 33.2. The van der Waals surface area contributed by atoms with Crippen LogP contribution in [0.5, 0.6) is 5.75 Å². The van der Waals surface area contributed by atoms with E-state index in [1.54, 1.807) is 4.90 Å². The fourth-order valence-corrected chi connectivity index (χ4v) is 6.62. The van der Waals surface area contributed by atoms with Gasteiger partial charge in [-0.3, -0.25) is 14.5 Å². The van der Waals surface area contributed by atoms with Crippen LogP contribution in [-0.4, -0.2) is 42.5 Å². The number of hydrogen-bond donors (Lipinski definition) is 1. The molecule has 46 heavy (non-hydrogen) atoms. The van der Waals surface area contributed by atoms with Crippen LogP contribution in [0.25, 0.3) is 23.0 Å². The van der Waals surface area contributed by atoms with E-state index in [-0.39, 0.29) is 12.3 Å². The van der Waals surface area contributed by atoms with E-state index in [0.29, 0.717) is 22.4 Å². The van der Waals surface area contributed by atoms with Gasteiger partial charge in [0.25, 0.3) is 5.91 Å². The zero-order chi connectivity index (χ0) is 32.1. The Morgan fingerprint density at radius 3 is 2.15 bits per heavy atom. The highest BCUT2D eigenvalue weighted by molar-refractivity contribution is 8.26. The van der Waals surface area contributed by atoms with Gasteiger partial charge < -0.3 is 9.84 Å². The zero-order valence-corrected chi connectivity index (χ0v) is 27.5. The number of aromatic nitrogens is 2. The Morgan fingerprint density at radius 1 is 0.848 bits per heavy atom. The van der Waals surface area contributed by atoms with Crippen molar-refractivity contribution in [2.24, 2.45) is 0 Å². The van der Waals surface area contributed by atoms with Gasteiger partial charge in [-0.05, 0) is 60.9 Å². The number of para-hydroxylation sites is 1. The van der Waals surface area contributed by atoms with Crippen LogP contribution in [0.2, 0.25) is 0 Å². The molecule has 238 valence electrons. The van der Waals surface area contributed by atoms with Gasteiger partial charge in [-0.1, -0.05) is 111 Å². The molecule has 0 radical (unpaired) electrons. The lowest BCUT2D eigenvalue weighted by Crippen LogP contribution is -2.29. The van der Waals surface area contributed by atoms with E-state index in [4.69, 9.17) is 27.2 Å². The fraction of sp³-hybridized carbons (Fsp3) is 0.297. The SMILES string of the molecule is O=C(O)CCCCCCCCCCN1C(=O)C(=Cc2cn(-c3ccccc3)nc2-c2ccc(OCc3ccccc3)cc2)SC1=S. The van der Waals surface area contributed by atoms with Gasteiger partial charge in [-0.25, -0.2) is 4.68 Å². The number of unbranched alkanes of at least 4 members (excludes halogenated alkanes) is 7. The molecule has 0 spiro atoms. The fourth-order valence-electron chi connectivity index (χ4n) is 5.32. The number of carbonyl (C=O) groups is 2. The molecule has 1 fully saturated rings. The van der Waals surface area contributed by atoms with Gasteiger partial charge in [0.05, 0.1) is 16.3 Å². The second-order valence-electron chi connectivity index (χ2n) is 11.3. The number of hydrogen-bond acceptors (Lipinski definition) is 6. The molecule has 0 bridgehead atoms. The average molecular weight is 654 g/mol. The van der Waals surface area contributed by atoms with Crippen LogP contribution in [-0.2, 0) is 16.2 Å². The number of benzene rings is 3. The van der Waals surface area contributed by atoms with Crippen molar-refractivity contribution in [3.63, 3.8) is 0 Å². The largest absolute Gasteiger partial charge is 0.489 e. The number of carbonyl (C=O) groups excluding carboxylic acids is 1. The van der Waals surface area contributed by atoms with E-state index in [9.17, 15) is 9.59 Å². The monoisotopic (exact) mass is 653 g/mol. The summed E-state index contributed by atoms with van der Waals surface area (Å²) in [6, 6.07) is 27.9. The highest BCUT2D eigenvalue weighted by atomic mass is 32.2. The molecule has 0 aliphatic carbocycles. The van der Waals surface area contributed by atoms with Gasteiger partial charge in [0.1, 0.15) is 16.7 Å². The quantitative estimate of drug-likeness (QED) is 0.0692. The number of aliphatic carboxylic acids is 1. The van der Waals surface area contributed by atoms with E-state index in [1.807, 2.05) is 102 Å². The summed E-state index contributed by atoms with van der Waals surface area (Å²) in [5, 5.41) is 13.7. The summed E-state index contributed by atoms with van der Waals surface area (Å²) in [5.41, 5.74) is 4.57. The van der Waals surface area contributed by atoms with Crippen molar-refractivity contribution in [2.45, 2.75) is 64.4 Å². The zero-order valence-electron chi connectivity index (χ0n) is 25.8. The van der Waals surface area contributed by atoms with Crippen LogP contribution in [0.3, 0.4) is 0 Å². The Balaban J connectivity index is 1.22. The number of rotatable bonds is 17. The number of carboxylic acid groups (broad SMARTS) is 1. The van der Waals surface area contributed by atoms with Crippen LogP contribution < -0.4 is 4.74 Å². The molecule has 1 saturated heterocycles. The standard InChI is InChI=1S/C37H39N3O4S2/c41-34(42)19-13-5-3-1-2-4-6-14-24-39-36(43)33(46-37(39)45)25-30-26-40(31-17-11-8-12-18-31)38-35(30)29-20-22-32(23-21-29)44-27-28-15-9-7-10-16-28/h7-12,15-18,20-23,25-26H,1-6,13-14,19,24,27H2,(H,41,42). The molecule has 0 saturated carbocycles. The van der Waals surface area contributed by atoms with Crippen molar-refractivity contribution >= 4 is 46.3 Å². The van der Waals surface area contributed by atoms with Gasteiger partial charge >= 0.3 is 5.97 Å². The third-order valence-electron chi connectivity index (χ3n) is 7.82. The Bertz CT molecular complexity index is 1640. The number of amides is 1.